The van der Waals surface area contributed by atoms with Gasteiger partial charge in [0.05, 0.1) is 12.7 Å². The second kappa shape index (κ2) is 12.0. The molecular weight excluding hydrogens is 412 g/mol. The van der Waals surface area contributed by atoms with Crippen molar-refractivity contribution in [1.82, 2.24) is 4.98 Å². The van der Waals surface area contributed by atoms with E-state index in [-0.39, 0.29) is 11.8 Å². The molecule has 0 fully saturated rings. The highest BCUT2D eigenvalue weighted by Crippen LogP contribution is 2.31. The fourth-order valence-electron chi connectivity index (χ4n) is 3.95. The average Bonchev–Trinajstić information content (AvgIpc) is 2.84. The molecule has 1 N–H and O–H groups in total. The zero-order chi connectivity index (χ0) is 23.6. The Bertz CT molecular complexity index is 1060. The monoisotopic (exact) mass is 444 g/mol. The fraction of sp³-hybridized carbons (Fsp3) is 0.321. The van der Waals surface area contributed by atoms with E-state index in [2.05, 4.69) is 17.2 Å². The lowest BCUT2D eigenvalue weighted by Crippen LogP contribution is -2.17. The third-order valence-corrected chi connectivity index (χ3v) is 5.82. The van der Waals surface area contributed by atoms with Crippen molar-refractivity contribution < 1.29 is 14.3 Å². The number of aromatic nitrogens is 1. The quantitative estimate of drug-likeness (QED) is 0.285. The number of hydrogen-bond donors (Lipinski definition) is 1. The number of aryl methyl sites for hydroxylation is 1. The molecule has 2 aromatic carbocycles. The number of carbonyl (C=O) groups is 2. The summed E-state index contributed by atoms with van der Waals surface area (Å²) in [5.74, 6) is -0.429. The summed E-state index contributed by atoms with van der Waals surface area (Å²) >= 11 is 0. The molecule has 0 bridgehead atoms. The Morgan fingerprint density at radius 3 is 2.52 bits per heavy atom. The summed E-state index contributed by atoms with van der Waals surface area (Å²) in [4.78, 5) is 29.5. The number of ether oxygens (including phenoxy) is 1. The smallest absolute Gasteiger partial charge is 0.337 e. The predicted molar refractivity (Wildman–Crippen MR) is 132 cm³/mol. The Morgan fingerprint density at radius 1 is 1.06 bits per heavy atom. The van der Waals surface area contributed by atoms with Gasteiger partial charge in [-0.25, -0.2) is 4.79 Å². The number of pyridine rings is 1. The van der Waals surface area contributed by atoms with Gasteiger partial charge in [-0.2, -0.15) is 0 Å². The van der Waals surface area contributed by atoms with E-state index in [1.165, 1.54) is 7.11 Å². The number of amides is 1. The van der Waals surface area contributed by atoms with Crippen LogP contribution >= 0.6 is 0 Å². The van der Waals surface area contributed by atoms with Crippen molar-refractivity contribution in [3.05, 3.63) is 83.7 Å². The van der Waals surface area contributed by atoms with Crippen molar-refractivity contribution in [2.24, 2.45) is 0 Å². The van der Waals surface area contributed by atoms with Gasteiger partial charge in [0, 0.05) is 30.1 Å². The molecule has 33 heavy (non-hydrogen) atoms. The molecule has 1 amide bonds. The van der Waals surface area contributed by atoms with Gasteiger partial charge in [0.2, 0.25) is 5.91 Å². The molecule has 3 rings (SSSR count). The number of hydrogen-bond acceptors (Lipinski definition) is 4. The topological polar surface area (TPSA) is 68.3 Å². The van der Waals surface area contributed by atoms with E-state index < -0.39 is 5.97 Å². The molecule has 5 heteroatoms. The first kappa shape index (κ1) is 24.2. The van der Waals surface area contributed by atoms with E-state index in [0.29, 0.717) is 17.7 Å². The molecule has 0 aliphatic heterocycles. The molecule has 0 aliphatic carbocycles. The normalized spacial score (nSPS) is 11.6. The number of anilines is 1. The zero-order valence-electron chi connectivity index (χ0n) is 19.6. The van der Waals surface area contributed by atoms with E-state index in [1.54, 1.807) is 18.3 Å². The fourth-order valence-corrected chi connectivity index (χ4v) is 3.95. The first-order chi connectivity index (χ1) is 16.0. The number of unbranched alkanes of at least 4 members (excludes halogenated alkanes) is 2. The largest absolute Gasteiger partial charge is 0.465 e. The molecule has 0 spiro atoms. The maximum absolute atomic E-state index is 13.2. The second-order valence-electron chi connectivity index (χ2n) is 8.35. The lowest BCUT2D eigenvalue weighted by atomic mass is 9.91. The number of carbonyl (C=O) groups excluding carboxylic acids is 2. The number of rotatable bonds is 10. The van der Waals surface area contributed by atoms with Crippen LogP contribution < -0.4 is 5.32 Å². The van der Waals surface area contributed by atoms with Gasteiger partial charge in [-0.1, -0.05) is 68.1 Å². The predicted octanol–water partition coefficient (Wildman–Crippen LogP) is 6.54. The molecular formula is C28H32N2O3. The van der Waals surface area contributed by atoms with E-state index in [1.807, 2.05) is 55.6 Å². The van der Waals surface area contributed by atoms with Gasteiger partial charge in [0.1, 0.15) is 0 Å². The number of esters is 1. The minimum Gasteiger partial charge on any atom is -0.465 e. The number of benzene rings is 2. The Kier molecular flexibility index (Phi) is 8.76. The Balaban J connectivity index is 1.86. The highest BCUT2D eigenvalue weighted by Gasteiger charge is 2.19. The van der Waals surface area contributed by atoms with Gasteiger partial charge in [-0.3, -0.25) is 9.78 Å². The Morgan fingerprint density at radius 2 is 1.85 bits per heavy atom. The maximum atomic E-state index is 13.2. The lowest BCUT2D eigenvalue weighted by Gasteiger charge is -2.18. The SMILES string of the molecule is CCCCCC(CC(=O)Nc1cc(C(=O)OC)ccc1-c1ccc(C)cc1)c1cccnc1. The standard InChI is InChI=1S/C28H32N2O3/c1-4-5-6-8-22(24-9-7-16-29-19-24)18-27(31)30-26-17-23(28(32)33-3)14-15-25(26)21-12-10-20(2)11-13-21/h7,9-17,19,22H,4-6,8,18H2,1-3H3,(H,30,31). The van der Waals surface area contributed by atoms with Gasteiger partial charge in [-0.05, 0) is 48.6 Å². The number of methoxy groups -OCH3 is 1. The highest BCUT2D eigenvalue weighted by molar-refractivity contribution is 5.99. The Hall–Kier alpha value is -3.47. The van der Waals surface area contributed by atoms with Crippen LogP contribution in [0.4, 0.5) is 5.69 Å². The highest BCUT2D eigenvalue weighted by atomic mass is 16.5. The third kappa shape index (κ3) is 6.75. The summed E-state index contributed by atoms with van der Waals surface area (Å²) in [6, 6.07) is 17.3. The molecule has 1 aromatic heterocycles. The molecule has 1 unspecified atom stereocenters. The van der Waals surface area contributed by atoms with Gasteiger partial charge in [0.15, 0.2) is 0 Å². The summed E-state index contributed by atoms with van der Waals surface area (Å²) in [6.45, 7) is 4.20. The summed E-state index contributed by atoms with van der Waals surface area (Å²) in [5.41, 5.74) is 5.06. The van der Waals surface area contributed by atoms with E-state index >= 15 is 0 Å². The van der Waals surface area contributed by atoms with Crippen molar-refractivity contribution in [2.75, 3.05) is 12.4 Å². The summed E-state index contributed by atoms with van der Waals surface area (Å²) in [5, 5.41) is 3.07. The van der Waals surface area contributed by atoms with E-state index in [9.17, 15) is 9.59 Å². The van der Waals surface area contributed by atoms with Crippen LogP contribution in [0.25, 0.3) is 11.1 Å². The van der Waals surface area contributed by atoms with Crippen LogP contribution in [0.3, 0.4) is 0 Å². The van der Waals surface area contributed by atoms with Crippen LogP contribution in [0.5, 0.6) is 0 Å². The molecule has 0 saturated carbocycles. The molecule has 172 valence electrons. The van der Waals surface area contributed by atoms with Crippen molar-refractivity contribution >= 4 is 17.6 Å². The average molecular weight is 445 g/mol. The first-order valence-electron chi connectivity index (χ1n) is 11.5. The van der Waals surface area contributed by atoms with E-state index in [0.717, 1.165) is 47.9 Å². The van der Waals surface area contributed by atoms with Gasteiger partial charge < -0.3 is 10.1 Å². The van der Waals surface area contributed by atoms with Crippen LogP contribution in [0.15, 0.2) is 67.0 Å². The van der Waals surface area contributed by atoms with Crippen molar-refractivity contribution in [3.63, 3.8) is 0 Å². The number of nitrogens with one attached hydrogen (secondary N) is 1. The van der Waals surface area contributed by atoms with Crippen molar-refractivity contribution in [2.45, 2.75) is 51.9 Å². The summed E-state index contributed by atoms with van der Waals surface area (Å²) < 4.78 is 4.88. The van der Waals surface area contributed by atoms with Gasteiger partial charge in [-0.15, -0.1) is 0 Å². The van der Waals surface area contributed by atoms with Crippen LogP contribution in [0, 0.1) is 6.92 Å². The number of nitrogens with zero attached hydrogens (tertiary/aromatic N) is 1. The minimum atomic E-state index is -0.436. The molecule has 0 saturated heterocycles. The van der Waals surface area contributed by atoms with Crippen molar-refractivity contribution in [1.29, 1.82) is 0 Å². The van der Waals surface area contributed by atoms with E-state index in [4.69, 9.17) is 4.74 Å². The molecule has 0 radical (unpaired) electrons. The maximum Gasteiger partial charge on any atom is 0.337 e. The molecule has 0 aliphatic rings. The Labute approximate surface area is 196 Å². The zero-order valence-corrected chi connectivity index (χ0v) is 19.6. The second-order valence-corrected chi connectivity index (χ2v) is 8.35. The molecule has 1 atom stereocenters. The summed E-state index contributed by atoms with van der Waals surface area (Å²) in [7, 11) is 1.35. The third-order valence-electron chi connectivity index (χ3n) is 5.82. The van der Waals surface area contributed by atoms with Crippen molar-refractivity contribution in [3.8, 4) is 11.1 Å². The molecule has 5 nitrogen and oxygen atoms in total. The first-order valence-corrected chi connectivity index (χ1v) is 11.5. The van der Waals surface area contributed by atoms with Gasteiger partial charge in [0.25, 0.3) is 0 Å². The summed E-state index contributed by atoms with van der Waals surface area (Å²) in [6.07, 6.45) is 8.21. The van der Waals surface area contributed by atoms with Gasteiger partial charge >= 0.3 is 5.97 Å². The van der Waals surface area contributed by atoms with Crippen LogP contribution in [0.1, 0.15) is 66.4 Å². The lowest BCUT2D eigenvalue weighted by molar-refractivity contribution is -0.116. The van der Waals surface area contributed by atoms with Crippen LogP contribution in [-0.2, 0) is 9.53 Å². The minimum absolute atomic E-state index is 0.0873. The molecule has 3 aromatic rings. The van der Waals surface area contributed by atoms with Crippen LogP contribution in [0.2, 0.25) is 0 Å². The molecule has 1 heterocycles. The van der Waals surface area contributed by atoms with Crippen LogP contribution in [-0.4, -0.2) is 24.0 Å².